The third-order valence-electron chi connectivity index (χ3n) is 8.79. The van der Waals surface area contributed by atoms with Gasteiger partial charge in [-0.25, -0.2) is 9.97 Å². The molecule has 4 aromatic carbocycles. The maximum absolute atomic E-state index is 12.3. The molecule has 0 radical (unpaired) electrons. The molecule has 240 valence electrons. The molecule has 0 atom stereocenters. The molecule has 48 heavy (non-hydrogen) atoms. The highest BCUT2D eigenvalue weighted by molar-refractivity contribution is 6.07. The van der Waals surface area contributed by atoms with Gasteiger partial charge in [0.05, 0.1) is 46.4 Å². The topological polar surface area (TPSA) is 129 Å². The first-order chi connectivity index (χ1) is 23.6. The van der Waals surface area contributed by atoms with E-state index in [-0.39, 0.29) is 18.1 Å². The van der Waals surface area contributed by atoms with Crippen molar-refractivity contribution < 1.29 is 23.9 Å². The number of rotatable bonds is 4. The summed E-state index contributed by atoms with van der Waals surface area (Å²) in [7, 11) is 0. The molecule has 2 aromatic heterocycles. The van der Waals surface area contributed by atoms with Gasteiger partial charge in [0.1, 0.15) is 17.9 Å². The van der Waals surface area contributed by atoms with Crippen LogP contribution in [0.1, 0.15) is 49.3 Å². The van der Waals surface area contributed by atoms with Crippen LogP contribution in [-0.4, -0.2) is 63.5 Å². The number of hydrogen-bond acceptors (Lipinski definition) is 7. The number of para-hydroxylation sites is 2. The second-order valence-corrected chi connectivity index (χ2v) is 11.8. The van der Waals surface area contributed by atoms with Gasteiger partial charge in [-0.05, 0) is 42.8 Å². The molecule has 9 rings (SSSR count). The number of imidazole rings is 2. The molecule has 2 amide bonds. The summed E-state index contributed by atoms with van der Waals surface area (Å²) in [4.78, 5) is 44.9. The average molecular weight is 641 g/mol. The normalized spacial score (nSPS) is 16.0. The van der Waals surface area contributed by atoms with E-state index in [4.69, 9.17) is 14.5 Å². The van der Waals surface area contributed by atoms with Gasteiger partial charge in [0.15, 0.2) is 6.29 Å². The Hall–Kier alpha value is -5.65. The number of aromatic nitrogens is 4. The van der Waals surface area contributed by atoms with E-state index in [0.717, 1.165) is 63.1 Å². The van der Waals surface area contributed by atoms with E-state index >= 15 is 0 Å². The Morgan fingerprint density at radius 2 is 1.23 bits per heavy atom. The summed E-state index contributed by atoms with van der Waals surface area (Å²) in [5.41, 5.74) is 8.17. The number of benzene rings is 4. The van der Waals surface area contributed by atoms with Gasteiger partial charge in [0, 0.05) is 48.4 Å². The zero-order valence-electron chi connectivity index (χ0n) is 26.0. The van der Waals surface area contributed by atoms with Gasteiger partial charge in [0.25, 0.3) is 11.8 Å². The number of hydrogen-bond donors (Lipinski definition) is 2. The fourth-order valence-electron chi connectivity index (χ4n) is 6.62. The molecule has 5 heterocycles. The van der Waals surface area contributed by atoms with Crippen molar-refractivity contribution in [1.29, 1.82) is 0 Å². The van der Waals surface area contributed by atoms with Crippen LogP contribution in [0.5, 0.6) is 0 Å². The van der Waals surface area contributed by atoms with Gasteiger partial charge in [0.2, 0.25) is 0 Å². The molecule has 11 nitrogen and oxygen atoms in total. The minimum atomic E-state index is -0.323. The van der Waals surface area contributed by atoms with Crippen molar-refractivity contribution in [2.75, 3.05) is 26.3 Å². The van der Waals surface area contributed by atoms with Gasteiger partial charge in [-0.1, -0.05) is 48.5 Å². The third-order valence-corrected chi connectivity index (χ3v) is 8.79. The van der Waals surface area contributed by atoms with Crippen LogP contribution >= 0.6 is 0 Å². The number of ether oxygens (including phenoxy) is 2. The van der Waals surface area contributed by atoms with Crippen molar-refractivity contribution in [3.8, 4) is 22.8 Å². The summed E-state index contributed by atoms with van der Waals surface area (Å²) in [5, 5.41) is 5.85. The highest BCUT2D eigenvalue weighted by atomic mass is 16.7. The average Bonchev–Trinajstić information content (AvgIpc) is 3.59. The van der Waals surface area contributed by atoms with Crippen LogP contribution in [0.2, 0.25) is 0 Å². The summed E-state index contributed by atoms with van der Waals surface area (Å²) < 4.78 is 15.6. The van der Waals surface area contributed by atoms with Crippen LogP contribution in [0.3, 0.4) is 0 Å². The fourth-order valence-corrected chi connectivity index (χ4v) is 6.62. The number of nitrogens with zero attached hydrogens (tertiary/aromatic N) is 4. The Morgan fingerprint density at radius 3 is 1.81 bits per heavy atom. The summed E-state index contributed by atoms with van der Waals surface area (Å²) in [5.74, 6) is 1.53. The van der Waals surface area contributed by atoms with Crippen LogP contribution in [-0.2, 0) is 22.6 Å². The molecule has 0 bridgehead atoms. The van der Waals surface area contributed by atoms with E-state index in [1.165, 1.54) is 0 Å². The van der Waals surface area contributed by atoms with Crippen molar-refractivity contribution >= 4 is 40.2 Å². The van der Waals surface area contributed by atoms with Crippen molar-refractivity contribution in [2.24, 2.45) is 0 Å². The molecule has 1 saturated heterocycles. The third kappa shape index (κ3) is 5.32. The molecule has 0 unspecified atom stereocenters. The monoisotopic (exact) mass is 640 g/mol. The largest absolute Gasteiger partial charge is 0.350 e. The van der Waals surface area contributed by atoms with Crippen molar-refractivity contribution in [1.82, 2.24) is 29.7 Å². The van der Waals surface area contributed by atoms with Gasteiger partial charge >= 0.3 is 0 Å². The van der Waals surface area contributed by atoms with E-state index in [0.29, 0.717) is 56.1 Å². The Bertz CT molecular complexity index is 2210. The first kappa shape index (κ1) is 29.7. The molecule has 1 fully saturated rings. The highest BCUT2D eigenvalue weighted by Crippen LogP contribution is 2.32. The van der Waals surface area contributed by atoms with Gasteiger partial charge in [-0.2, -0.15) is 0 Å². The van der Waals surface area contributed by atoms with Gasteiger partial charge in [-0.3, -0.25) is 14.4 Å². The van der Waals surface area contributed by atoms with Crippen LogP contribution in [0.15, 0.2) is 84.9 Å². The Morgan fingerprint density at radius 1 is 0.688 bits per heavy atom. The van der Waals surface area contributed by atoms with Crippen LogP contribution in [0.25, 0.3) is 44.8 Å². The highest BCUT2D eigenvalue weighted by Gasteiger charge is 2.24. The maximum Gasteiger partial charge on any atom is 0.253 e. The molecule has 0 saturated carbocycles. The molecule has 3 aliphatic rings. The number of carbonyl (C=O) groups is 3. The van der Waals surface area contributed by atoms with E-state index in [2.05, 4.69) is 26.3 Å². The predicted octanol–water partition coefficient (Wildman–Crippen LogP) is 5.14. The van der Waals surface area contributed by atoms with Crippen LogP contribution in [0, 0.1) is 0 Å². The molecule has 0 spiro atoms. The minimum absolute atomic E-state index is 0.0430. The van der Waals surface area contributed by atoms with E-state index in [1.807, 2.05) is 77.4 Å². The Kier molecular flexibility index (Phi) is 7.75. The molecular formula is C37H32N6O5. The van der Waals surface area contributed by atoms with Gasteiger partial charge < -0.3 is 29.2 Å². The zero-order valence-corrected chi connectivity index (χ0v) is 26.0. The lowest BCUT2D eigenvalue weighted by Crippen LogP contribution is -2.24. The Labute approximate surface area is 275 Å². The van der Waals surface area contributed by atoms with E-state index in [1.54, 1.807) is 6.07 Å². The van der Waals surface area contributed by atoms with E-state index in [9.17, 15) is 14.4 Å². The van der Waals surface area contributed by atoms with Gasteiger partial charge in [-0.15, -0.1) is 0 Å². The molecular weight excluding hydrogens is 608 g/mol. The smallest absolute Gasteiger partial charge is 0.253 e. The van der Waals surface area contributed by atoms with Crippen LogP contribution < -0.4 is 10.6 Å². The fraction of sp³-hybridized carbons (Fsp3) is 0.216. The molecule has 6 aromatic rings. The summed E-state index contributed by atoms with van der Waals surface area (Å²) in [6.45, 7) is 3.91. The van der Waals surface area contributed by atoms with E-state index < -0.39 is 0 Å². The number of aldehydes is 1. The number of carbonyl (C=O) groups excluding carboxylic acids is 3. The summed E-state index contributed by atoms with van der Waals surface area (Å²) in [6.07, 6.45) is 1.43. The predicted molar refractivity (Wildman–Crippen MR) is 180 cm³/mol. The first-order valence-electron chi connectivity index (χ1n) is 16.0. The zero-order chi connectivity index (χ0) is 32.6. The summed E-state index contributed by atoms with van der Waals surface area (Å²) >= 11 is 0. The van der Waals surface area contributed by atoms with Crippen LogP contribution in [0.4, 0.5) is 0 Å². The quantitative estimate of drug-likeness (QED) is 0.255. The summed E-state index contributed by atoms with van der Waals surface area (Å²) in [6, 6.07) is 26.7. The molecule has 0 aliphatic carbocycles. The minimum Gasteiger partial charge on any atom is -0.350 e. The van der Waals surface area contributed by atoms with Crippen molar-refractivity contribution in [2.45, 2.75) is 25.8 Å². The molecule has 3 aliphatic heterocycles. The SMILES string of the molecule is O=C1NCCn2c(-c3cccc(C4OCCCO4)c3)nc3cccc1c32.O=Cc1cccc(-c2nc3cccc4c3n2CCNC4=O)c1. The van der Waals surface area contributed by atoms with Crippen molar-refractivity contribution in [3.63, 3.8) is 0 Å². The second kappa shape index (κ2) is 12.5. The first-order valence-corrected chi connectivity index (χ1v) is 16.0. The lowest BCUT2D eigenvalue weighted by molar-refractivity contribution is -0.183. The van der Waals surface area contributed by atoms with Crippen molar-refractivity contribution in [3.05, 3.63) is 107 Å². The number of nitrogens with one attached hydrogen (secondary N) is 2. The molecule has 11 heteroatoms. The maximum atomic E-state index is 12.3. The lowest BCUT2D eigenvalue weighted by Gasteiger charge is -2.23. The standard InChI is InChI=1S/C20H19N3O3.C17H13N3O2/c24-19-15-6-2-7-16-17(15)23(9-8-21-19)18(22-16)13-4-1-5-14(12-13)20-25-10-3-11-26-20;21-10-11-3-1-4-12(9-11)16-19-14-6-2-5-13-15(14)20(16)8-7-18-17(13)22/h1-2,4-7,12,20H,3,8-11H2,(H,21,24);1-6,9-10H,7-8H2,(H,18,22). The molecule has 2 N–H and O–H groups in total. The Balaban J connectivity index is 0.000000142. The lowest BCUT2D eigenvalue weighted by atomic mass is 10.1. The second-order valence-electron chi connectivity index (χ2n) is 11.8. The number of amides is 2.